The minimum atomic E-state index is -0.574. The maximum Gasteiger partial charge on any atom is 0.410 e. The van der Waals surface area contributed by atoms with Crippen LogP contribution in [0.1, 0.15) is 98.8 Å². The molecule has 0 spiro atoms. The molecule has 5 fully saturated rings. The predicted octanol–water partition coefficient (Wildman–Crippen LogP) is 5.34. The first-order valence-electron chi connectivity index (χ1n) is 14.6. The minimum Gasteiger partial charge on any atom is -0.462 e. The van der Waals surface area contributed by atoms with E-state index in [9.17, 15) is 19.2 Å². The van der Waals surface area contributed by atoms with Crippen LogP contribution >= 0.6 is 0 Å². The van der Waals surface area contributed by atoms with Gasteiger partial charge in [0.05, 0.1) is 5.92 Å². The van der Waals surface area contributed by atoms with Gasteiger partial charge in [0.1, 0.15) is 23.3 Å². The quantitative estimate of drug-likeness (QED) is 0.462. The number of nitrogens with zero attached hydrogens (tertiary/aromatic N) is 1. The van der Waals surface area contributed by atoms with Crippen LogP contribution in [0.5, 0.6) is 0 Å². The summed E-state index contributed by atoms with van der Waals surface area (Å²) in [6, 6.07) is 0. The van der Waals surface area contributed by atoms with Crippen molar-refractivity contribution in [2.45, 2.75) is 111 Å². The molecule has 5 aliphatic rings. The highest BCUT2D eigenvalue weighted by molar-refractivity contribution is 5.88. The second kappa shape index (κ2) is 9.37. The van der Waals surface area contributed by atoms with Gasteiger partial charge in [0.15, 0.2) is 0 Å². The van der Waals surface area contributed by atoms with Gasteiger partial charge in [-0.3, -0.25) is 14.4 Å². The van der Waals surface area contributed by atoms with Crippen molar-refractivity contribution in [2.75, 3.05) is 13.1 Å². The zero-order chi connectivity index (χ0) is 26.8. The Bertz CT molecular complexity index is 970. The number of carbonyl (C=O) groups is 4. The molecule has 5 rings (SSSR count). The molecular weight excluding hydrogens is 470 g/mol. The van der Waals surface area contributed by atoms with Gasteiger partial charge in [0.2, 0.25) is 0 Å². The molecule has 7 nitrogen and oxygen atoms in total. The molecule has 1 saturated heterocycles. The number of ether oxygens (including phenoxy) is 2. The Kier molecular flexibility index (Phi) is 6.76. The highest BCUT2D eigenvalue weighted by Crippen LogP contribution is 2.64. The first-order chi connectivity index (χ1) is 17.3. The molecule has 8 atom stereocenters. The summed E-state index contributed by atoms with van der Waals surface area (Å²) in [5, 5.41) is 0. The van der Waals surface area contributed by atoms with Crippen LogP contribution in [0.2, 0.25) is 0 Å². The van der Waals surface area contributed by atoms with Gasteiger partial charge < -0.3 is 14.4 Å². The van der Waals surface area contributed by atoms with E-state index in [4.69, 9.17) is 9.47 Å². The van der Waals surface area contributed by atoms with E-state index in [1.807, 2.05) is 20.8 Å². The van der Waals surface area contributed by atoms with Crippen molar-refractivity contribution in [2.24, 2.45) is 40.4 Å². The van der Waals surface area contributed by atoms with Crippen LogP contribution in [0.4, 0.5) is 4.79 Å². The van der Waals surface area contributed by atoms with E-state index >= 15 is 0 Å². The molecule has 7 heteroatoms. The smallest absolute Gasteiger partial charge is 0.410 e. The van der Waals surface area contributed by atoms with Gasteiger partial charge in [0, 0.05) is 37.3 Å². The molecule has 0 aromatic rings. The molecule has 37 heavy (non-hydrogen) atoms. The molecule has 0 bridgehead atoms. The highest BCUT2D eigenvalue weighted by atomic mass is 16.6. The van der Waals surface area contributed by atoms with E-state index in [1.165, 1.54) is 0 Å². The van der Waals surface area contributed by atoms with Crippen LogP contribution in [-0.4, -0.2) is 53.3 Å². The van der Waals surface area contributed by atoms with Crippen LogP contribution < -0.4 is 0 Å². The summed E-state index contributed by atoms with van der Waals surface area (Å²) in [5.41, 5.74) is -0.881. The van der Waals surface area contributed by atoms with Crippen molar-refractivity contribution in [3.05, 3.63) is 0 Å². The summed E-state index contributed by atoms with van der Waals surface area (Å²) in [6.45, 7) is 10.9. The van der Waals surface area contributed by atoms with Crippen molar-refractivity contribution in [1.29, 1.82) is 0 Å². The number of hydrogen-bond acceptors (Lipinski definition) is 6. The molecule has 1 amide bonds. The van der Waals surface area contributed by atoms with Crippen molar-refractivity contribution < 1.29 is 28.7 Å². The van der Waals surface area contributed by atoms with E-state index in [0.717, 1.165) is 38.5 Å². The van der Waals surface area contributed by atoms with Crippen molar-refractivity contribution in [3.63, 3.8) is 0 Å². The first-order valence-corrected chi connectivity index (χ1v) is 14.6. The summed E-state index contributed by atoms with van der Waals surface area (Å²) in [5.74, 6) is 1.16. The minimum absolute atomic E-state index is 0.0752. The number of hydrogen-bond donors (Lipinski definition) is 0. The Balaban J connectivity index is 1.21. The average molecular weight is 516 g/mol. The SMILES string of the molecule is CC(C)(C)OC(=O)N1CCC[C@@H](C(=O)O[C@H]2CC[C@@]3(C)[C@H](C2)C(=O)C[C@@H]2[C@@H]3CC[C@]3(C)C(=O)CC[C@@H]23)C1. The third kappa shape index (κ3) is 4.73. The average Bonchev–Trinajstić information content (AvgIpc) is 3.13. The summed E-state index contributed by atoms with van der Waals surface area (Å²) in [7, 11) is 0. The third-order valence-corrected chi connectivity index (χ3v) is 10.8. The maximum absolute atomic E-state index is 13.5. The molecule has 1 heterocycles. The van der Waals surface area contributed by atoms with Crippen molar-refractivity contribution >= 4 is 23.6 Å². The Morgan fingerprint density at radius 3 is 2.49 bits per heavy atom. The normalized spacial score (nSPS) is 41.9. The summed E-state index contributed by atoms with van der Waals surface area (Å²) < 4.78 is 11.5. The molecule has 206 valence electrons. The fraction of sp³-hybridized carbons (Fsp3) is 0.867. The highest BCUT2D eigenvalue weighted by Gasteiger charge is 2.62. The number of amides is 1. The van der Waals surface area contributed by atoms with Crippen molar-refractivity contribution in [1.82, 2.24) is 4.90 Å². The second-order valence-corrected chi connectivity index (χ2v) is 14.1. The van der Waals surface area contributed by atoms with E-state index in [-0.39, 0.29) is 40.8 Å². The third-order valence-electron chi connectivity index (χ3n) is 10.8. The van der Waals surface area contributed by atoms with Gasteiger partial charge in [0.25, 0.3) is 0 Å². The van der Waals surface area contributed by atoms with Crippen LogP contribution in [-0.2, 0) is 23.9 Å². The number of piperidine rings is 1. The summed E-state index contributed by atoms with van der Waals surface area (Å²) in [4.78, 5) is 53.5. The molecule has 4 saturated carbocycles. The Hall–Kier alpha value is -1.92. The zero-order valence-corrected chi connectivity index (χ0v) is 23.3. The fourth-order valence-corrected chi connectivity index (χ4v) is 8.81. The lowest BCUT2D eigenvalue weighted by atomic mass is 9.45. The first kappa shape index (κ1) is 26.7. The monoisotopic (exact) mass is 515 g/mol. The van der Waals surface area contributed by atoms with Crippen LogP contribution in [0.25, 0.3) is 0 Å². The molecule has 0 unspecified atom stereocenters. The number of ketones is 2. The number of likely N-dealkylation sites (tertiary alicyclic amines) is 1. The van der Waals surface area contributed by atoms with Gasteiger partial charge in [-0.25, -0.2) is 4.79 Å². The molecule has 4 aliphatic carbocycles. The number of esters is 1. The van der Waals surface area contributed by atoms with Crippen molar-refractivity contribution in [3.8, 4) is 0 Å². The van der Waals surface area contributed by atoms with Gasteiger partial charge in [-0.05, 0) is 95.3 Å². The maximum atomic E-state index is 13.5. The largest absolute Gasteiger partial charge is 0.462 e. The topological polar surface area (TPSA) is 90.0 Å². The molecular formula is C30H45NO6. The van der Waals surface area contributed by atoms with Crippen LogP contribution in [0.15, 0.2) is 0 Å². The lowest BCUT2D eigenvalue weighted by Crippen LogP contribution is -2.57. The van der Waals surface area contributed by atoms with Gasteiger partial charge in [-0.1, -0.05) is 13.8 Å². The lowest BCUT2D eigenvalue weighted by molar-refractivity contribution is -0.173. The Morgan fingerprint density at radius 2 is 1.76 bits per heavy atom. The fourth-order valence-electron chi connectivity index (χ4n) is 8.81. The van der Waals surface area contributed by atoms with E-state index in [1.54, 1.807) is 4.90 Å². The number of rotatable bonds is 2. The lowest BCUT2D eigenvalue weighted by Gasteiger charge is -2.59. The zero-order valence-electron chi connectivity index (χ0n) is 23.3. The Morgan fingerprint density at radius 1 is 1.00 bits per heavy atom. The van der Waals surface area contributed by atoms with Gasteiger partial charge in [-0.2, -0.15) is 0 Å². The van der Waals surface area contributed by atoms with E-state index < -0.39 is 5.60 Å². The molecule has 0 aromatic heterocycles. The van der Waals surface area contributed by atoms with Gasteiger partial charge >= 0.3 is 12.1 Å². The standard InChI is InChI=1S/C30H45NO6/c1-28(2,3)37-27(35)31-14-6-7-18(17-31)26(34)36-19-10-12-29(4)22-11-13-30(5)21(8-9-25(30)33)20(22)16-24(32)23(29)15-19/h18-23H,6-17H2,1-5H3/t18-,19+,20+,21+,22+,23-,29-,30+/m1/s1. The molecule has 0 aromatic carbocycles. The Labute approximate surface area is 221 Å². The molecule has 0 N–H and O–H groups in total. The van der Waals surface area contributed by atoms with Crippen LogP contribution in [0, 0.1) is 40.4 Å². The number of carbonyl (C=O) groups excluding carboxylic acids is 4. The van der Waals surface area contributed by atoms with Crippen LogP contribution in [0.3, 0.4) is 0 Å². The summed E-state index contributed by atoms with van der Waals surface area (Å²) >= 11 is 0. The second-order valence-electron chi connectivity index (χ2n) is 14.1. The van der Waals surface area contributed by atoms with E-state index in [2.05, 4.69) is 13.8 Å². The predicted molar refractivity (Wildman–Crippen MR) is 138 cm³/mol. The molecule has 1 aliphatic heterocycles. The van der Waals surface area contributed by atoms with E-state index in [0.29, 0.717) is 68.1 Å². The molecule has 0 radical (unpaired) electrons. The van der Waals surface area contributed by atoms with Gasteiger partial charge in [-0.15, -0.1) is 0 Å². The number of fused-ring (bicyclic) bond motifs is 5. The number of Topliss-reactive ketones (excluding diaryl/α,β-unsaturated/α-hetero) is 2. The summed E-state index contributed by atoms with van der Waals surface area (Å²) in [6.07, 6.45) is 7.24.